The van der Waals surface area contributed by atoms with Crippen molar-refractivity contribution < 1.29 is 4.74 Å². The van der Waals surface area contributed by atoms with E-state index < -0.39 is 0 Å². The molecule has 0 amide bonds. The zero-order valence-electron chi connectivity index (χ0n) is 9.62. The molecule has 0 aliphatic rings. The topological polar surface area (TPSA) is 9.23 Å². The molecule has 2 aromatic carbocycles. The van der Waals surface area contributed by atoms with Crippen molar-refractivity contribution in [1.82, 2.24) is 0 Å². The van der Waals surface area contributed by atoms with Gasteiger partial charge >= 0.3 is 0 Å². The molecule has 0 saturated carbocycles. The molecule has 0 fully saturated rings. The molecular weight excluding hydrogens is 300 g/mol. The van der Waals surface area contributed by atoms with Gasteiger partial charge < -0.3 is 4.74 Å². The minimum Gasteiger partial charge on any atom is -0.493 e. The van der Waals surface area contributed by atoms with Gasteiger partial charge in [0, 0.05) is 16.3 Å². The van der Waals surface area contributed by atoms with Crippen molar-refractivity contribution in [2.45, 2.75) is 6.92 Å². The fourth-order valence-corrected chi connectivity index (χ4v) is 2.04. The van der Waals surface area contributed by atoms with Gasteiger partial charge in [-0.25, -0.2) is 0 Å². The Morgan fingerprint density at radius 3 is 2.65 bits per heavy atom. The minimum absolute atomic E-state index is 0.372. The number of rotatable bonds is 4. The maximum absolute atomic E-state index is 5.75. The van der Waals surface area contributed by atoms with Gasteiger partial charge in [0.05, 0.1) is 6.61 Å². The van der Waals surface area contributed by atoms with Crippen LogP contribution < -0.4 is 4.74 Å². The summed E-state index contributed by atoms with van der Waals surface area (Å²) in [6, 6.07) is 12.3. The quantitative estimate of drug-likeness (QED) is 0.733. The van der Waals surface area contributed by atoms with Crippen molar-refractivity contribution in [3.8, 4) is 5.75 Å². The number of hydrogen-bond donors (Lipinski definition) is 0. The summed E-state index contributed by atoms with van der Waals surface area (Å²) < 4.78 is 6.79. The lowest BCUT2D eigenvalue weighted by molar-refractivity contribution is 0.273. The van der Waals surface area contributed by atoms with Gasteiger partial charge in [-0.2, -0.15) is 0 Å². The molecule has 2 aromatic rings. The molecule has 2 rings (SSSR count). The minimum atomic E-state index is 0.372. The summed E-state index contributed by atoms with van der Waals surface area (Å²) in [5.41, 5.74) is 0. The molecule has 0 saturated heterocycles. The van der Waals surface area contributed by atoms with Crippen LogP contribution in [0, 0.1) is 5.92 Å². The van der Waals surface area contributed by atoms with Crippen LogP contribution in [0.3, 0.4) is 0 Å². The van der Waals surface area contributed by atoms with Crippen LogP contribution in [-0.2, 0) is 0 Å². The molecule has 1 atom stereocenters. The summed E-state index contributed by atoms with van der Waals surface area (Å²) >= 11 is 9.21. The van der Waals surface area contributed by atoms with E-state index in [1.807, 2.05) is 12.1 Å². The van der Waals surface area contributed by atoms with Gasteiger partial charge in [-0.1, -0.05) is 35.0 Å². The summed E-state index contributed by atoms with van der Waals surface area (Å²) in [7, 11) is 0. The largest absolute Gasteiger partial charge is 0.493 e. The Kier molecular flexibility index (Phi) is 4.30. The molecule has 1 nitrogen and oxygen atoms in total. The summed E-state index contributed by atoms with van der Waals surface area (Å²) in [6.45, 7) is 2.73. The zero-order chi connectivity index (χ0) is 12.3. The Labute approximate surface area is 115 Å². The SMILES string of the molecule is CC(CCl)COc1ccc2cc(Br)ccc2c1. The van der Waals surface area contributed by atoms with E-state index in [-0.39, 0.29) is 0 Å². The van der Waals surface area contributed by atoms with Crippen LogP contribution in [0.2, 0.25) is 0 Å². The fraction of sp³-hybridized carbons (Fsp3) is 0.286. The van der Waals surface area contributed by atoms with Gasteiger partial charge in [0.1, 0.15) is 5.75 Å². The van der Waals surface area contributed by atoms with Crippen LogP contribution in [0.5, 0.6) is 5.75 Å². The van der Waals surface area contributed by atoms with Crippen LogP contribution in [0.15, 0.2) is 40.9 Å². The molecule has 0 spiro atoms. The summed E-state index contributed by atoms with van der Waals surface area (Å²) in [6.07, 6.45) is 0. The van der Waals surface area contributed by atoms with Gasteiger partial charge in [-0.15, -0.1) is 11.6 Å². The van der Waals surface area contributed by atoms with E-state index in [1.54, 1.807) is 0 Å². The summed E-state index contributed by atoms with van der Waals surface area (Å²) in [4.78, 5) is 0. The Morgan fingerprint density at radius 1 is 1.18 bits per heavy atom. The standard InChI is InChI=1S/C14H14BrClO/c1-10(8-16)9-17-14-5-3-11-6-13(15)4-2-12(11)7-14/h2-7,10H,8-9H2,1H3. The molecule has 17 heavy (non-hydrogen) atoms. The molecule has 0 aliphatic carbocycles. The lowest BCUT2D eigenvalue weighted by Crippen LogP contribution is -2.09. The normalized spacial score (nSPS) is 12.6. The van der Waals surface area contributed by atoms with Gasteiger partial charge in [0.15, 0.2) is 0 Å². The molecule has 0 aromatic heterocycles. The fourth-order valence-electron chi connectivity index (χ4n) is 1.57. The van der Waals surface area contributed by atoms with Crippen molar-refractivity contribution in [3.63, 3.8) is 0 Å². The number of halogens is 2. The lowest BCUT2D eigenvalue weighted by atomic mass is 10.1. The first-order chi connectivity index (χ1) is 8.19. The second-order valence-electron chi connectivity index (χ2n) is 4.22. The maximum atomic E-state index is 5.75. The van der Waals surface area contributed by atoms with E-state index in [1.165, 1.54) is 10.8 Å². The second-order valence-corrected chi connectivity index (χ2v) is 5.45. The van der Waals surface area contributed by atoms with Gasteiger partial charge in [0.2, 0.25) is 0 Å². The first-order valence-electron chi connectivity index (χ1n) is 5.57. The van der Waals surface area contributed by atoms with Gasteiger partial charge in [-0.3, -0.25) is 0 Å². The highest BCUT2D eigenvalue weighted by Gasteiger charge is 2.02. The van der Waals surface area contributed by atoms with Gasteiger partial charge in [0.25, 0.3) is 0 Å². The van der Waals surface area contributed by atoms with Crippen LogP contribution in [-0.4, -0.2) is 12.5 Å². The number of benzene rings is 2. The summed E-state index contributed by atoms with van der Waals surface area (Å²) in [5, 5.41) is 2.39. The lowest BCUT2D eigenvalue weighted by Gasteiger charge is -2.10. The molecular formula is C14H14BrClO. The van der Waals surface area contributed by atoms with E-state index in [9.17, 15) is 0 Å². The molecule has 1 unspecified atom stereocenters. The third kappa shape index (κ3) is 3.36. The first-order valence-corrected chi connectivity index (χ1v) is 6.90. The van der Waals surface area contributed by atoms with Crippen LogP contribution in [0.25, 0.3) is 10.8 Å². The molecule has 0 radical (unpaired) electrons. The Hall–Kier alpha value is -0.730. The van der Waals surface area contributed by atoms with Crippen molar-refractivity contribution in [2.75, 3.05) is 12.5 Å². The highest BCUT2D eigenvalue weighted by atomic mass is 79.9. The predicted molar refractivity (Wildman–Crippen MR) is 77.0 cm³/mol. The van der Waals surface area contributed by atoms with E-state index in [0.717, 1.165) is 10.2 Å². The Morgan fingerprint density at radius 2 is 1.88 bits per heavy atom. The van der Waals surface area contributed by atoms with E-state index in [2.05, 4.69) is 47.1 Å². The number of fused-ring (bicyclic) bond motifs is 1. The molecule has 0 N–H and O–H groups in total. The van der Waals surface area contributed by atoms with Crippen molar-refractivity contribution in [3.05, 3.63) is 40.9 Å². The van der Waals surface area contributed by atoms with Crippen molar-refractivity contribution >= 4 is 38.3 Å². The van der Waals surface area contributed by atoms with Crippen LogP contribution in [0.1, 0.15) is 6.92 Å². The predicted octanol–water partition coefficient (Wildman–Crippen LogP) is 4.86. The van der Waals surface area contributed by atoms with Crippen molar-refractivity contribution in [1.29, 1.82) is 0 Å². The Bertz CT molecular complexity index is 513. The highest BCUT2D eigenvalue weighted by Crippen LogP contribution is 2.24. The molecule has 0 aliphatic heterocycles. The van der Waals surface area contributed by atoms with Gasteiger partial charge in [-0.05, 0) is 35.0 Å². The van der Waals surface area contributed by atoms with Crippen LogP contribution in [0.4, 0.5) is 0 Å². The average molecular weight is 314 g/mol. The van der Waals surface area contributed by atoms with Crippen LogP contribution >= 0.6 is 27.5 Å². The third-order valence-corrected chi connectivity index (χ3v) is 3.59. The zero-order valence-corrected chi connectivity index (χ0v) is 12.0. The first kappa shape index (κ1) is 12.7. The van der Waals surface area contributed by atoms with Crippen molar-refractivity contribution in [2.24, 2.45) is 5.92 Å². The monoisotopic (exact) mass is 312 g/mol. The summed E-state index contributed by atoms with van der Waals surface area (Å²) in [5.74, 6) is 1.90. The van der Waals surface area contributed by atoms with E-state index in [4.69, 9.17) is 16.3 Å². The number of ether oxygens (including phenoxy) is 1. The second kappa shape index (κ2) is 5.74. The molecule has 3 heteroatoms. The van der Waals surface area contributed by atoms with E-state index >= 15 is 0 Å². The van der Waals surface area contributed by atoms with E-state index in [0.29, 0.717) is 18.4 Å². The molecule has 0 heterocycles. The highest BCUT2D eigenvalue weighted by molar-refractivity contribution is 9.10. The molecule has 0 bridgehead atoms. The molecule has 90 valence electrons. The average Bonchev–Trinajstić information content (AvgIpc) is 2.35. The smallest absolute Gasteiger partial charge is 0.119 e. The number of alkyl halides is 1. The third-order valence-electron chi connectivity index (χ3n) is 2.57. The Balaban J connectivity index is 2.17. The number of hydrogen-bond acceptors (Lipinski definition) is 1. The maximum Gasteiger partial charge on any atom is 0.119 e.